The highest BCUT2D eigenvalue weighted by molar-refractivity contribution is 7.99. The number of hydrogen-bond acceptors (Lipinski definition) is 6. The molecule has 4 aromatic rings. The zero-order valence-corrected chi connectivity index (χ0v) is 20.2. The van der Waals surface area contributed by atoms with E-state index in [0.717, 1.165) is 21.8 Å². The summed E-state index contributed by atoms with van der Waals surface area (Å²) in [5.74, 6) is 0.821. The molecule has 0 N–H and O–H groups in total. The third kappa shape index (κ3) is 5.12. The Morgan fingerprint density at radius 3 is 2.70 bits per heavy atom. The van der Waals surface area contributed by atoms with E-state index in [1.165, 1.54) is 23.1 Å². The lowest BCUT2D eigenvalue weighted by molar-refractivity contribution is -0.129. The Morgan fingerprint density at radius 1 is 1.21 bits per heavy atom. The number of fused-ring (bicyclic) bond motifs is 1. The molecule has 0 saturated heterocycles. The van der Waals surface area contributed by atoms with Crippen molar-refractivity contribution in [3.63, 3.8) is 0 Å². The molecule has 0 saturated carbocycles. The van der Waals surface area contributed by atoms with Crippen molar-refractivity contribution in [3.8, 4) is 0 Å². The molecule has 1 amide bonds. The highest BCUT2D eigenvalue weighted by Crippen LogP contribution is 2.28. The first-order chi connectivity index (χ1) is 16.0. The summed E-state index contributed by atoms with van der Waals surface area (Å²) >= 11 is 2.79. The van der Waals surface area contributed by atoms with Crippen molar-refractivity contribution in [2.45, 2.75) is 38.6 Å². The number of aryl methyl sites for hydroxylation is 2. The zero-order valence-electron chi connectivity index (χ0n) is 18.6. The summed E-state index contributed by atoms with van der Waals surface area (Å²) in [6.45, 7) is 8.90. The Morgan fingerprint density at radius 2 is 2.00 bits per heavy atom. The van der Waals surface area contributed by atoms with E-state index in [2.05, 4.69) is 6.58 Å². The molecule has 0 bridgehead atoms. The number of allylic oxidation sites excluding steroid dienone is 1. The van der Waals surface area contributed by atoms with Gasteiger partial charge in [-0.1, -0.05) is 48.2 Å². The Bertz CT molecular complexity index is 1320. The molecule has 0 atom stereocenters. The number of carbonyl (C=O) groups excluding carboxylic acids is 1. The molecule has 0 fully saturated rings. The summed E-state index contributed by atoms with van der Waals surface area (Å²) in [4.78, 5) is 34.7. The van der Waals surface area contributed by atoms with Crippen molar-refractivity contribution >= 4 is 39.2 Å². The maximum atomic E-state index is 13.3. The van der Waals surface area contributed by atoms with Crippen LogP contribution < -0.4 is 5.56 Å². The van der Waals surface area contributed by atoms with Crippen molar-refractivity contribution in [2.75, 3.05) is 5.75 Å². The van der Waals surface area contributed by atoms with Crippen molar-refractivity contribution in [1.29, 1.82) is 0 Å². The van der Waals surface area contributed by atoms with E-state index in [9.17, 15) is 9.59 Å². The third-order valence-electron chi connectivity index (χ3n) is 5.39. The summed E-state index contributed by atoms with van der Waals surface area (Å²) in [6, 6.07) is 13.5. The SMILES string of the molecule is C=CCn1c(SCC(=O)N(Cc2ccccc2)Cc2ccco2)nc2sc(C)c(C)c2c1=O. The highest BCUT2D eigenvalue weighted by atomic mass is 32.2. The Balaban J connectivity index is 1.59. The fourth-order valence-electron chi connectivity index (χ4n) is 3.55. The van der Waals surface area contributed by atoms with Gasteiger partial charge in [0, 0.05) is 18.0 Å². The number of nitrogens with zero attached hydrogens (tertiary/aromatic N) is 3. The van der Waals surface area contributed by atoms with E-state index >= 15 is 0 Å². The molecular weight excluding hydrogens is 454 g/mol. The Hall–Kier alpha value is -3.10. The number of hydrogen-bond donors (Lipinski definition) is 0. The van der Waals surface area contributed by atoms with Gasteiger partial charge >= 0.3 is 0 Å². The first-order valence-corrected chi connectivity index (χ1v) is 12.4. The molecule has 0 aliphatic rings. The van der Waals surface area contributed by atoms with Crippen LogP contribution in [-0.4, -0.2) is 26.1 Å². The average molecular weight is 480 g/mol. The van der Waals surface area contributed by atoms with Gasteiger partial charge in [0.25, 0.3) is 5.56 Å². The molecule has 0 aliphatic heterocycles. The van der Waals surface area contributed by atoms with E-state index in [1.54, 1.807) is 21.8 Å². The minimum atomic E-state index is -0.0894. The predicted molar refractivity (Wildman–Crippen MR) is 134 cm³/mol. The number of carbonyl (C=O) groups is 1. The largest absolute Gasteiger partial charge is 0.467 e. The normalized spacial score (nSPS) is 11.1. The van der Waals surface area contributed by atoms with Crippen molar-refractivity contribution in [3.05, 3.63) is 93.5 Å². The number of benzene rings is 1. The number of thiophene rings is 1. The summed E-state index contributed by atoms with van der Waals surface area (Å²) < 4.78 is 7.07. The smallest absolute Gasteiger partial charge is 0.263 e. The van der Waals surface area contributed by atoms with E-state index in [4.69, 9.17) is 9.40 Å². The minimum absolute atomic E-state index is 0.0571. The lowest BCUT2D eigenvalue weighted by atomic mass is 10.2. The number of rotatable bonds is 9. The van der Waals surface area contributed by atoms with Crippen LogP contribution in [0.2, 0.25) is 0 Å². The van der Waals surface area contributed by atoms with Crippen LogP contribution in [0.15, 0.2) is 75.8 Å². The van der Waals surface area contributed by atoms with Crippen LogP contribution in [0.1, 0.15) is 21.8 Å². The van der Waals surface area contributed by atoms with Crippen LogP contribution in [-0.2, 0) is 24.4 Å². The van der Waals surface area contributed by atoms with Gasteiger partial charge in [0.2, 0.25) is 5.91 Å². The fraction of sp³-hybridized carbons (Fsp3) is 0.240. The molecule has 170 valence electrons. The summed E-state index contributed by atoms with van der Waals surface area (Å²) in [6.07, 6.45) is 3.28. The van der Waals surface area contributed by atoms with Gasteiger partial charge in [0.15, 0.2) is 5.16 Å². The third-order valence-corrected chi connectivity index (χ3v) is 7.45. The van der Waals surface area contributed by atoms with Crippen LogP contribution in [0.3, 0.4) is 0 Å². The maximum Gasteiger partial charge on any atom is 0.263 e. The van der Waals surface area contributed by atoms with Gasteiger partial charge in [-0.25, -0.2) is 4.98 Å². The number of amides is 1. The molecule has 8 heteroatoms. The summed E-state index contributed by atoms with van der Waals surface area (Å²) in [5, 5.41) is 1.18. The number of furan rings is 1. The molecule has 0 aliphatic carbocycles. The molecule has 0 spiro atoms. The van der Waals surface area contributed by atoms with Crippen LogP contribution in [0.4, 0.5) is 0 Å². The highest BCUT2D eigenvalue weighted by Gasteiger charge is 2.20. The number of aromatic nitrogens is 2. The lowest BCUT2D eigenvalue weighted by Gasteiger charge is -2.22. The summed E-state index contributed by atoms with van der Waals surface area (Å²) in [7, 11) is 0. The molecule has 3 heterocycles. The zero-order chi connectivity index (χ0) is 23.4. The molecule has 1 aromatic carbocycles. The fourth-order valence-corrected chi connectivity index (χ4v) is 5.54. The van der Waals surface area contributed by atoms with Crippen LogP contribution in [0.25, 0.3) is 10.2 Å². The van der Waals surface area contributed by atoms with Gasteiger partial charge in [-0.2, -0.15) is 0 Å². The van der Waals surface area contributed by atoms with Crippen LogP contribution in [0.5, 0.6) is 0 Å². The van der Waals surface area contributed by atoms with E-state index in [0.29, 0.717) is 35.0 Å². The molecule has 0 radical (unpaired) electrons. The second kappa shape index (κ2) is 10.2. The minimum Gasteiger partial charge on any atom is -0.467 e. The van der Waals surface area contributed by atoms with Crippen molar-refractivity contribution in [2.24, 2.45) is 0 Å². The van der Waals surface area contributed by atoms with Crippen LogP contribution >= 0.6 is 23.1 Å². The second-order valence-electron chi connectivity index (χ2n) is 7.67. The molecule has 4 rings (SSSR count). The van der Waals surface area contributed by atoms with Gasteiger partial charge in [0.1, 0.15) is 10.6 Å². The summed E-state index contributed by atoms with van der Waals surface area (Å²) in [5.41, 5.74) is 1.91. The van der Waals surface area contributed by atoms with E-state index in [1.807, 2.05) is 56.3 Å². The first kappa shape index (κ1) is 23.1. The van der Waals surface area contributed by atoms with Crippen molar-refractivity contribution in [1.82, 2.24) is 14.5 Å². The standard InChI is InChI=1S/C25H25N3O3S2/c1-4-12-28-24(30)22-17(2)18(3)33-23(22)26-25(28)32-16-21(29)27(15-20-11-8-13-31-20)14-19-9-6-5-7-10-19/h4-11,13H,1,12,14-16H2,2-3H3. The number of thioether (sulfide) groups is 1. The average Bonchev–Trinajstić information content (AvgIpc) is 3.42. The van der Waals surface area contributed by atoms with Crippen molar-refractivity contribution < 1.29 is 9.21 Å². The van der Waals surface area contributed by atoms with Crippen LogP contribution in [0, 0.1) is 13.8 Å². The molecule has 6 nitrogen and oxygen atoms in total. The lowest BCUT2D eigenvalue weighted by Crippen LogP contribution is -2.32. The monoisotopic (exact) mass is 479 g/mol. The van der Waals surface area contributed by atoms with E-state index < -0.39 is 0 Å². The predicted octanol–water partition coefficient (Wildman–Crippen LogP) is 5.17. The Kier molecular flexibility index (Phi) is 7.15. The van der Waals surface area contributed by atoms with Gasteiger partial charge in [-0.15, -0.1) is 17.9 Å². The maximum absolute atomic E-state index is 13.3. The van der Waals surface area contributed by atoms with Gasteiger partial charge in [-0.05, 0) is 37.1 Å². The molecule has 3 aromatic heterocycles. The van der Waals surface area contributed by atoms with Gasteiger partial charge in [-0.3, -0.25) is 14.2 Å². The Labute approximate surface area is 200 Å². The quantitative estimate of drug-likeness (QED) is 0.188. The van der Waals surface area contributed by atoms with E-state index in [-0.39, 0.29) is 17.2 Å². The molecule has 0 unspecified atom stereocenters. The van der Waals surface area contributed by atoms with Gasteiger partial charge in [0.05, 0.1) is 23.9 Å². The molecular formula is C25H25N3O3S2. The van der Waals surface area contributed by atoms with Gasteiger partial charge < -0.3 is 9.32 Å². The second-order valence-corrected chi connectivity index (χ2v) is 9.81. The topological polar surface area (TPSA) is 68.3 Å². The molecule has 33 heavy (non-hydrogen) atoms. The first-order valence-electron chi connectivity index (χ1n) is 10.6.